The standard InChI is InChI=1S/C13H14ClN3S/c1-2-15-8-10-11(14)4-3-5-12(10)18-13-9-16-6-7-17-13/h3-7,9,15H,2,8H2,1H3. The van der Waals surface area contributed by atoms with Gasteiger partial charge in [-0.15, -0.1) is 0 Å². The molecule has 1 heterocycles. The molecular formula is C13H14ClN3S. The maximum atomic E-state index is 6.24. The molecule has 18 heavy (non-hydrogen) atoms. The number of nitrogens with zero attached hydrogens (tertiary/aromatic N) is 2. The predicted molar refractivity (Wildman–Crippen MR) is 75.0 cm³/mol. The number of nitrogens with one attached hydrogen (secondary N) is 1. The smallest absolute Gasteiger partial charge is 0.119 e. The fourth-order valence-corrected chi connectivity index (χ4v) is 2.71. The quantitative estimate of drug-likeness (QED) is 0.910. The second-order valence-electron chi connectivity index (χ2n) is 3.64. The van der Waals surface area contributed by atoms with Gasteiger partial charge in [0.1, 0.15) is 5.03 Å². The zero-order valence-corrected chi connectivity index (χ0v) is 11.6. The molecule has 0 atom stereocenters. The monoisotopic (exact) mass is 279 g/mol. The molecular weight excluding hydrogens is 266 g/mol. The highest BCUT2D eigenvalue weighted by Gasteiger charge is 2.08. The third-order valence-corrected chi connectivity index (χ3v) is 3.76. The second-order valence-corrected chi connectivity index (χ2v) is 5.11. The molecule has 1 aromatic heterocycles. The Hall–Kier alpha value is -1.10. The molecule has 1 N–H and O–H groups in total. The molecule has 94 valence electrons. The van der Waals surface area contributed by atoms with E-state index in [1.807, 2.05) is 12.1 Å². The molecule has 0 radical (unpaired) electrons. The first-order valence-electron chi connectivity index (χ1n) is 5.73. The normalized spacial score (nSPS) is 10.6. The van der Waals surface area contributed by atoms with Gasteiger partial charge < -0.3 is 5.32 Å². The van der Waals surface area contributed by atoms with Crippen LogP contribution in [0.15, 0.2) is 46.7 Å². The van der Waals surface area contributed by atoms with Crippen LogP contribution in [0.5, 0.6) is 0 Å². The average Bonchev–Trinajstić information content (AvgIpc) is 2.39. The van der Waals surface area contributed by atoms with E-state index in [1.165, 1.54) is 0 Å². The van der Waals surface area contributed by atoms with Crippen LogP contribution in [-0.2, 0) is 6.54 Å². The Labute approximate surface area is 116 Å². The maximum absolute atomic E-state index is 6.24. The molecule has 0 fully saturated rings. The Morgan fingerprint density at radius 2 is 2.22 bits per heavy atom. The van der Waals surface area contributed by atoms with Crippen LogP contribution in [0, 0.1) is 0 Å². The van der Waals surface area contributed by atoms with Crippen LogP contribution >= 0.6 is 23.4 Å². The van der Waals surface area contributed by atoms with Crippen LogP contribution in [0.2, 0.25) is 5.02 Å². The summed E-state index contributed by atoms with van der Waals surface area (Å²) in [5, 5.41) is 4.95. The van der Waals surface area contributed by atoms with Crippen LogP contribution in [0.3, 0.4) is 0 Å². The first-order chi connectivity index (χ1) is 8.81. The highest BCUT2D eigenvalue weighted by molar-refractivity contribution is 7.99. The van der Waals surface area contributed by atoms with Crippen molar-refractivity contribution in [2.75, 3.05) is 6.54 Å². The summed E-state index contributed by atoms with van der Waals surface area (Å²) in [6, 6.07) is 5.92. The Kier molecular flexibility index (Phi) is 4.99. The van der Waals surface area contributed by atoms with Crippen molar-refractivity contribution < 1.29 is 0 Å². The zero-order chi connectivity index (χ0) is 12.8. The third kappa shape index (κ3) is 3.45. The molecule has 0 saturated heterocycles. The molecule has 0 aliphatic rings. The van der Waals surface area contributed by atoms with E-state index in [0.29, 0.717) is 0 Å². The van der Waals surface area contributed by atoms with E-state index in [0.717, 1.165) is 33.6 Å². The van der Waals surface area contributed by atoms with E-state index in [9.17, 15) is 0 Å². The SMILES string of the molecule is CCNCc1c(Cl)cccc1Sc1cnccn1. The number of hydrogen-bond acceptors (Lipinski definition) is 4. The van der Waals surface area contributed by atoms with Gasteiger partial charge in [-0.05, 0) is 24.2 Å². The van der Waals surface area contributed by atoms with Gasteiger partial charge in [0.05, 0.1) is 6.20 Å². The highest BCUT2D eigenvalue weighted by atomic mass is 35.5. The topological polar surface area (TPSA) is 37.8 Å². The van der Waals surface area contributed by atoms with Gasteiger partial charge >= 0.3 is 0 Å². The fourth-order valence-electron chi connectivity index (χ4n) is 1.51. The summed E-state index contributed by atoms with van der Waals surface area (Å²) in [4.78, 5) is 9.44. The fraction of sp³-hybridized carbons (Fsp3) is 0.231. The molecule has 5 heteroatoms. The summed E-state index contributed by atoms with van der Waals surface area (Å²) >= 11 is 7.82. The van der Waals surface area contributed by atoms with Crippen molar-refractivity contribution in [3.63, 3.8) is 0 Å². The summed E-state index contributed by atoms with van der Waals surface area (Å²) in [5.74, 6) is 0. The first-order valence-corrected chi connectivity index (χ1v) is 6.92. The molecule has 2 rings (SSSR count). The van der Waals surface area contributed by atoms with Crippen molar-refractivity contribution >= 4 is 23.4 Å². The van der Waals surface area contributed by atoms with Crippen LogP contribution in [0.4, 0.5) is 0 Å². The average molecular weight is 280 g/mol. The Balaban J connectivity index is 2.24. The van der Waals surface area contributed by atoms with Gasteiger partial charge in [0.2, 0.25) is 0 Å². The molecule has 1 aromatic carbocycles. The van der Waals surface area contributed by atoms with Crippen molar-refractivity contribution in [1.29, 1.82) is 0 Å². The van der Waals surface area contributed by atoms with E-state index in [-0.39, 0.29) is 0 Å². The van der Waals surface area contributed by atoms with Gasteiger partial charge in [0, 0.05) is 28.9 Å². The lowest BCUT2D eigenvalue weighted by Crippen LogP contribution is -2.12. The van der Waals surface area contributed by atoms with E-state index in [2.05, 4.69) is 28.3 Å². The predicted octanol–water partition coefficient (Wildman–Crippen LogP) is 3.39. The Morgan fingerprint density at radius 1 is 1.33 bits per heavy atom. The molecule has 0 spiro atoms. The van der Waals surface area contributed by atoms with Gasteiger partial charge in [-0.1, -0.05) is 36.4 Å². The number of benzene rings is 1. The number of rotatable bonds is 5. The number of hydrogen-bond donors (Lipinski definition) is 1. The maximum Gasteiger partial charge on any atom is 0.119 e. The highest BCUT2D eigenvalue weighted by Crippen LogP contribution is 2.32. The van der Waals surface area contributed by atoms with Gasteiger partial charge in [-0.3, -0.25) is 4.98 Å². The van der Waals surface area contributed by atoms with Gasteiger partial charge in [0.15, 0.2) is 0 Å². The van der Waals surface area contributed by atoms with Crippen molar-refractivity contribution in [3.05, 3.63) is 47.4 Å². The Morgan fingerprint density at radius 3 is 2.94 bits per heavy atom. The molecule has 0 unspecified atom stereocenters. The van der Waals surface area contributed by atoms with E-state index < -0.39 is 0 Å². The van der Waals surface area contributed by atoms with Gasteiger partial charge in [-0.2, -0.15) is 0 Å². The van der Waals surface area contributed by atoms with E-state index in [1.54, 1.807) is 30.4 Å². The molecule has 0 amide bonds. The minimum atomic E-state index is 0.763. The lowest BCUT2D eigenvalue weighted by atomic mass is 10.2. The first kappa shape index (κ1) is 13.3. The van der Waals surface area contributed by atoms with Crippen LogP contribution < -0.4 is 5.32 Å². The van der Waals surface area contributed by atoms with Crippen molar-refractivity contribution in [1.82, 2.24) is 15.3 Å². The number of aromatic nitrogens is 2. The second kappa shape index (κ2) is 6.73. The minimum Gasteiger partial charge on any atom is -0.313 e. The van der Waals surface area contributed by atoms with Crippen LogP contribution in [-0.4, -0.2) is 16.5 Å². The van der Waals surface area contributed by atoms with Crippen LogP contribution in [0.25, 0.3) is 0 Å². The summed E-state index contributed by atoms with van der Waals surface area (Å²) in [5.41, 5.74) is 1.11. The van der Waals surface area contributed by atoms with Crippen molar-refractivity contribution in [2.45, 2.75) is 23.4 Å². The van der Waals surface area contributed by atoms with Gasteiger partial charge in [-0.25, -0.2) is 4.98 Å². The van der Waals surface area contributed by atoms with Crippen molar-refractivity contribution in [2.24, 2.45) is 0 Å². The van der Waals surface area contributed by atoms with Gasteiger partial charge in [0.25, 0.3) is 0 Å². The minimum absolute atomic E-state index is 0.763. The summed E-state index contributed by atoms with van der Waals surface area (Å²) in [7, 11) is 0. The summed E-state index contributed by atoms with van der Waals surface area (Å²) in [6.07, 6.45) is 5.11. The van der Waals surface area contributed by atoms with E-state index in [4.69, 9.17) is 11.6 Å². The van der Waals surface area contributed by atoms with Crippen LogP contribution in [0.1, 0.15) is 12.5 Å². The lowest BCUT2D eigenvalue weighted by molar-refractivity contribution is 0.718. The largest absolute Gasteiger partial charge is 0.313 e. The summed E-state index contributed by atoms with van der Waals surface area (Å²) < 4.78 is 0. The molecule has 0 aliphatic carbocycles. The number of halogens is 1. The lowest BCUT2D eigenvalue weighted by Gasteiger charge is -2.10. The summed E-state index contributed by atoms with van der Waals surface area (Å²) in [6.45, 7) is 3.76. The Bertz CT molecular complexity index is 505. The molecule has 0 saturated carbocycles. The molecule has 0 bridgehead atoms. The molecule has 3 nitrogen and oxygen atoms in total. The molecule has 0 aliphatic heterocycles. The van der Waals surface area contributed by atoms with E-state index >= 15 is 0 Å². The van der Waals surface area contributed by atoms with Crippen molar-refractivity contribution in [3.8, 4) is 0 Å². The zero-order valence-electron chi connectivity index (χ0n) is 10.1. The third-order valence-electron chi connectivity index (χ3n) is 2.38. The molecule has 2 aromatic rings.